The Labute approximate surface area is 168 Å². The van der Waals surface area contributed by atoms with Crippen molar-refractivity contribution in [2.75, 3.05) is 13.2 Å². The van der Waals surface area contributed by atoms with E-state index in [1.807, 2.05) is 44.2 Å². The average Bonchev–Trinajstić information content (AvgIpc) is 2.61. The zero-order valence-corrected chi connectivity index (χ0v) is 17.4. The summed E-state index contributed by atoms with van der Waals surface area (Å²) in [5, 5.41) is 0. The highest BCUT2D eigenvalue weighted by atomic mass is 79.9. The smallest absolute Gasteiger partial charge is 0.325 e. The van der Waals surface area contributed by atoms with Gasteiger partial charge in [0.05, 0.1) is 18.3 Å². The van der Waals surface area contributed by atoms with Gasteiger partial charge in [0.15, 0.2) is 0 Å². The molecule has 0 radical (unpaired) electrons. The number of amides is 1. The second kappa shape index (κ2) is 10.1. The molecule has 2 rings (SSSR count). The zero-order valence-electron chi connectivity index (χ0n) is 15.8. The van der Waals surface area contributed by atoms with Crippen LogP contribution in [0.15, 0.2) is 53.0 Å². The Morgan fingerprint density at radius 3 is 2.44 bits per heavy atom. The lowest BCUT2D eigenvalue weighted by Crippen LogP contribution is -2.36. The highest BCUT2D eigenvalue weighted by molar-refractivity contribution is 9.10. The summed E-state index contributed by atoms with van der Waals surface area (Å²) in [5.41, 5.74) is 1.34. The summed E-state index contributed by atoms with van der Waals surface area (Å²) >= 11 is 3.41. The molecule has 0 aromatic heterocycles. The van der Waals surface area contributed by atoms with Gasteiger partial charge in [0.1, 0.15) is 12.3 Å². The van der Waals surface area contributed by atoms with Crippen molar-refractivity contribution in [3.05, 3.63) is 64.1 Å². The molecule has 144 valence electrons. The van der Waals surface area contributed by atoms with E-state index in [-0.39, 0.29) is 25.2 Å². The van der Waals surface area contributed by atoms with Crippen LogP contribution in [0.25, 0.3) is 0 Å². The summed E-state index contributed by atoms with van der Waals surface area (Å²) in [7, 11) is 0. The molecule has 0 unspecified atom stereocenters. The largest absolute Gasteiger partial charge is 0.490 e. The van der Waals surface area contributed by atoms with E-state index in [0.29, 0.717) is 17.9 Å². The van der Waals surface area contributed by atoms with Gasteiger partial charge in [-0.1, -0.05) is 46.3 Å². The number of benzene rings is 2. The van der Waals surface area contributed by atoms with Gasteiger partial charge in [-0.2, -0.15) is 0 Å². The Kier molecular flexibility index (Phi) is 7.85. The topological polar surface area (TPSA) is 55.8 Å². The molecule has 0 spiro atoms. The fourth-order valence-corrected chi connectivity index (χ4v) is 2.90. The first-order valence-electron chi connectivity index (χ1n) is 8.85. The van der Waals surface area contributed by atoms with Crippen molar-refractivity contribution in [2.45, 2.75) is 33.4 Å². The molecule has 1 amide bonds. The molecule has 0 heterocycles. The van der Waals surface area contributed by atoms with Crippen molar-refractivity contribution in [3.8, 4) is 5.75 Å². The molecule has 27 heavy (non-hydrogen) atoms. The van der Waals surface area contributed by atoms with Crippen LogP contribution < -0.4 is 4.74 Å². The molecule has 0 fully saturated rings. The number of nitrogens with zero attached hydrogens (tertiary/aromatic N) is 1. The number of halogens is 1. The summed E-state index contributed by atoms with van der Waals surface area (Å²) in [6, 6.07) is 14.8. The first-order chi connectivity index (χ1) is 12.9. The third kappa shape index (κ3) is 6.40. The lowest BCUT2D eigenvalue weighted by molar-refractivity contribution is -0.143. The maximum atomic E-state index is 13.2. The van der Waals surface area contributed by atoms with E-state index in [1.54, 1.807) is 25.1 Å². The van der Waals surface area contributed by atoms with Crippen LogP contribution in [0, 0.1) is 0 Å². The zero-order chi connectivity index (χ0) is 19.8. The Morgan fingerprint density at radius 1 is 1.11 bits per heavy atom. The number of carbonyl (C=O) groups is 2. The number of ether oxygens (including phenoxy) is 2. The van der Waals surface area contributed by atoms with Crippen LogP contribution >= 0.6 is 15.9 Å². The van der Waals surface area contributed by atoms with E-state index in [4.69, 9.17) is 9.47 Å². The Balaban J connectivity index is 2.33. The second-order valence-electron chi connectivity index (χ2n) is 6.26. The van der Waals surface area contributed by atoms with E-state index >= 15 is 0 Å². The van der Waals surface area contributed by atoms with Gasteiger partial charge in [-0.3, -0.25) is 9.59 Å². The minimum atomic E-state index is -0.440. The number of esters is 1. The Bertz CT molecular complexity index is 777. The molecule has 5 nitrogen and oxygen atoms in total. The van der Waals surface area contributed by atoms with Crippen LogP contribution in [0.2, 0.25) is 0 Å². The molecular formula is C21H24BrNO4. The summed E-state index contributed by atoms with van der Waals surface area (Å²) < 4.78 is 11.7. The second-order valence-corrected chi connectivity index (χ2v) is 7.17. The van der Waals surface area contributed by atoms with Gasteiger partial charge >= 0.3 is 5.97 Å². The van der Waals surface area contributed by atoms with Gasteiger partial charge in [0.2, 0.25) is 0 Å². The van der Waals surface area contributed by atoms with E-state index < -0.39 is 5.97 Å². The van der Waals surface area contributed by atoms with Gasteiger partial charge < -0.3 is 14.4 Å². The number of carbonyl (C=O) groups excluding carboxylic acids is 2. The Morgan fingerprint density at radius 2 is 1.81 bits per heavy atom. The highest BCUT2D eigenvalue weighted by Crippen LogP contribution is 2.26. The first-order valence-corrected chi connectivity index (χ1v) is 9.65. The summed E-state index contributed by atoms with van der Waals surface area (Å²) in [6.45, 7) is 5.98. The Hall–Kier alpha value is -2.34. The predicted molar refractivity (Wildman–Crippen MR) is 108 cm³/mol. The molecular weight excluding hydrogens is 410 g/mol. The van der Waals surface area contributed by atoms with Crippen LogP contribution in [0.5, 0.6) is 5.75 Å². The molecule has 0 aliphatic rings. The van der Waals surface area contributed by atoms with Crippen LogP contribution in [-0.4, -0.2) is 36.0 Å². The van der Waals surface area contributed by atoms with Crippen LogP contribution in [-0.2, 0) is 16.1 Å². The van der Waals surface area contributed by atoms with Crippen LogP contribution in [0.4, 0.5) is 0 Å². The van der Waals surface area contributed by atoms with Gasteiger partial charge in [-0.05, 0) is 44.5 Å². The van der Waals surface area contributed by atoms with E-state index in [9.17, 15) is 9.59 Å². The quantitative estimate of drug-likeness (QED) is 0.577. The maximum Gasteiger partial charge on any atom is 0.325 e. The molecule has 0 aliphatic carbocycles. The maximum absolute atomic E-state index is 13.2. The fraction of sp³-hybridized carbons (Fsp3) is 0.333. The molecule has 0 N–H and O–H groups in total. The summed E-state index contributed by atoms with van der Waals surface area (Å²) in [4.78, 5) is 26.7. The third-order valence-corrected chi connectivity index (χ3v) is 4.16. The molecule has 2 aromatic carbocycles. The number of hydrogen-bond donors (Lipinski definition) is 0. The van der Waals surface area contributed by atoms with Crippen molar-refractivity contribution >= 4 is 27.8 Å². The molecule has 0 saturated heterocycles. The highest BCUT2D eigenvalue weighted by Gasteiger charge is 2.23. The minimum absolute atomic E-state index is 0.0847. The summed E-state index contributed by atoms with van der Waals surface area (Å²) in [6.07, 6.45) is -0.0847. The minimum Gasteiger partial charge on any atom is -0.490 e. The van der Waals surface area contributed by atoms with Crippen molar-refractivity contribution in [3.63, 3.8) is 0 Å². The monoisotopic (exact) mass is 433 g/mol. The van der Waals surface area contributed by atoms with Crippen LogP contribution in [0.1, 0.15) is 36.7 Å². The third-order valence-electron chi connectivity index (χ3n) is 3.67. The number of rotatable bonds is 8. The average molecular weight is 434 g/mol. The van der Waals surface area contributed by atoms with Gasteiger partial charge in [-0.25, -0.2) is 0 Å². The molecule has 0 bridgehead atoms. The standard InChI is InChI=1S/C21H24BrNO4/c1-4-26-20(24)14-23(13-16-8-6-5-7-9-16)21(25)18-11-10-17(22)12-19(18)27-15(2)3/h5-12,15H,4,13-14H2,1-3H3. The molecule has 2 aromatic rings. The van der Waals surface area contributed by atoms with Crippen molar-refractivity contribution < 1.29 is 19.1 Å². The van der Waals surface area contributed by atoms with Gasteiger partial charge in [-0.15, -0.1) is 0 Å². The van der Waals surface area contributed by atoms with Crippen molar-refractivity contribution in [1.82, 2.24) is 4.90 Å². The molecule has 6 heteroatoms. The molecule has 0 aliphatic heterocycles. The lowest BCUT2D eigenvalue weighted by Gasteiger charge is -2.24. The van der Waals surface area contributed by atoms with E-state index in [1.165, 1.54) is 4.90 Å². The van der Waals surface area contributed by atoms with Gasteiger partial charge in [0, 0.05) is 11.0 Å². The SMILES string of the molecule is CCOC(=O)CN(Cc1ccccc1)C(=O)c1ccc(Br)cc1OC(C)C. The molecule has 0 atom stereocenters. The number of hydrogen-bond acceptors (Lipinski definition) is 4. The van der Waals surface area contributed by atoms with E-state index in [0.717, 1.165) is 10.0 Å². The van der Waals surface area contributed by atoms with E-state index in [2.05, 4.69) is 15.9 Å². The van der Waals surface area contributed by atoms with Gasteiger partial charge in [0.25, 0.3) is 5.91 Å². The van der Waals surface area contributed by atoms with Crippen molar-refractivity contribution in [2.24, 2.45) is 0 Å². The van der Waals surface area contributed by atoms with Crippen LogP contribution in [0.3, 0.4) is 0 Å². The van der Waals surface area contributed by atoms with Crippen molar-refractivity contribution in [1.29, 1.82) is 0 Å². The fourth-order valence-electron chi connectivity index (χ4n) is 2.56. The first kappa shape index (κ1) is 21.0. The lowest BCUT2D eigenvalue weighted by atomic mass is 10.1. The summed E-state index contributed by atoms with van der Waals surface area (Å²) in [5.74, 6) is -0.244. The predicted octanol–water partition coefficient (Wildman–Crippen LogP) is 4.44. The normalized spacial score (nSPS) is 10.6. The molecule has 0 saturated carbocycles.